The van der Waals surface area contributed by atoms with Crippen LogP contribution in [0, 0.1) is 0 Å². The van der Waals surface area contributed by atoms with Gasteiger partial charge in [-0.1, -0.05) is 6.92 Å². The Kier molecular flexibility index (Phi) is 4.20. The van der Waals surface area contributed by atoms with Crippen LogP contribution in [0.3, 0.4) is 0 Å². The highest BCUT2D eigenvalue weighted by Crippen LogP contribution is 2.12. The first kappa shape index (κ1) is 12.1. The van der Waals surface area contributed by atoms with E-state index in [2.05, 4.69) is 5.10 Å². The third kappa shape index (κ3) is 3.27. The van der Waals surface area contributed by atoms with Gasteiger partial charge < -0.3 is 5.11 Å². The van der Waals surface area contributed by atoms with Gasteiger partial charge in [0.1, 0.15) is 6.10 Å². The van der Waals surface area contributed by atoms with Gasteiger partial charge in [0.25, 0.3) is 6.43 Å². The van der Waals surface area contributed by atoms with Crippen LogP contribution in [0.4, 0.5) is 8.78 Å². The van der Waals surface area contributed by atoms with Crippen molar-refractivity contribution < 1.29 is 13.9 Å². The molecule has 1 aromatic rings. The van der Waals surface area contributed by atoms with Gasteiger partial charge in [-0.15, -0.1) is 0 Å². The van der Waals surface area contributed by atoms with Gasteiger partial charge in [0.05, 0.1) is 5.69 Å². The molecule has 0 saturated heterocycles. The second-order valence-electron chi connectivity index (χ2n) is 3.65. The molecular formula is C10H16F2N2O. The van der Waals surface area contributed by atoms with E-state index in [9.17, 15) is 8.78 Å². The van der Waals surface area contributed by atoms with Crippen LogP contribution >= 0.6 is 0 Å². The van der Waals surface area contributed by atoms with Crippen molar-refractivity contribution in [1.82, 2.24) is 9.78 Å². The monoisotopic (exact) mass is 218 g/mol. The molecule has 0 aromatic carbocycles. The summed E-state index contributed by atoms with van der Waals surface area (Å²) in [4.78, 5) is 0. The molecule has 0 amide bonds. The second kappa shape index (κ2) is 5.21. The Bertz CT molecular complexity index is 301. The zero-order chi connectivity index (χ0) is 11.4. The van der Waals surface area contributed by atoms with Crippen LogP contribution in [-0.2, 0) is 6.42 Å². The van der Waals surface area contributed by atoms with Gasteiger partial charge in [-0.25, -0.2) is 8.78 Å². The molecule has 3 nitrogen and oxygen atoms in total. The minimum atomic E-state index is -2.71. The number of hydrogen-bond acceptors (Lipinski definition) is 2. The normalized spacial score (nSPS) is 15.6. The summed E-state index contributed by atoms with van der Waals surface area (Å²) in [6.07, 6.45) is -1.74. The van der Waals surface area contributed by atoms with Crippen molar-refractivity contribution in [2.75, 3.05) is 0 Å². The molecule has 1 heterocycles. The maximum absolute atomic E-state index is 12.1. The number of nitrogens with zero attached hydrogens (tertiary/aromatic N) is 2. The topological polar surface area (TPSA) is 38.0 Å². The van der Waals surface area contributed by atoms with Gasteiger partial charge in [-0.3, -0.25) is 4.68 Å². The molecule has 1 aromatic heterocycles. The van der Waals surface area contributed by atoms with Gasteiger partial charge in [0, 0.05) is 18.7 Å². The number of aromatic nitrogens is 2. The van der Waals surface area contributed by atoms with Crippen LogP contribution in [0.15, 0.2) is 12.3 Å². The molecule has 0 fully saturated rings. The minimum Gasteiger partial charge on any atom is -0.387 e. The van der Waals surface area contributed by atoms with E-state index in [-0.39, 0.29) is 12.5 Å². The molecule has 2 unspecified atom stereocenters. The second-order valence-corrected chi connectivity index (χ2v) is 3.65. The Morgan fingerprint density at radius 1 is 1.53 bits per heavy atom. The number of rotatable bonds is 5. The van der Waals surface area contributed by atoms with E-state index in [4.69, 9.17) is 5.11 Å². The summed E-state index contributed by atoms with van der Waals surface area (Å²) in [6, 6.07) is 1.92. The lowest BCUT2D eigenvalue weighted by Crippen LogP contribution is -2.20. The summed E-state index contributed by atoms with van der Waals surface area (Å²) in [6.45, 7) is 4.03. The van der Waals surface area contributed by atoms with E-state index in [1.165, 1.54) is 0 Å². The summed E-state index contributed by atoms with van der Waals surface area (Å²) in [7, 11) is 0. The van der Waals surface area contributed by atoms with Gasteiger partial charge in [0.2, 0.25) is 0 Å². The quantitative estimate of drug-likeness (QED) is 0.821. The van der Waals surface area contributed by atoms with Crippen LogP contribution in [0.2, 0.25) is 0 Å². The average molecular weight is 218 g/mol. The molecule has 0 aliphatic heterocycles. The van der Waals surface area contributed by atoms with Crippen LogP contribution in [0.5, 0.6) is 0 Å². The Balaban J connectivity index is 2.60. The van der Waals surface area contributed by atoms with E-state index >= 15 is 0 Å². The molecule has 0 spiro atoms. The molecule has 0 bridgehead atoms. The highest BCUT2D eigenvalue weighted by atomic mass is 19.3. The molecule has 15 heavy (non-hydrogen) atoms. The standard InChI is InChI=1S/C10H16F2N2O/c1-3-7(2)14-5-4-8(13-14)6-9(15)10(11)12/h4-5,7,9-10,15H,3,6H2,1-2H3. The minimum absolute atomic E-state index is 0.0961. The van der Waals surface area contributed by atoms with Gasteiger partial charge in [0.15, 0.2) is 0 Å². The van der Waals surface area contributed by atoms with E-state index < -0.39 is 12.5 Å². The highest BCUT2D eigenvalue weighted by molar-refractivity contribution is 5.01. The Morgan fingerprint density at radius 2 is 2.20 bits per heavy atom. The predicted octanol–water partition coefficient (Wildman–Crippen LogP) is 2.02. The summed E-state index contributed by atoms with van der Waals surface area (Å²) >= 11 is 0. The first-order valence-electron chi connectivity index (χ1n) is 5.04. The molecule has 0 aliphatic rings. The van der Waals surface area contributed by atoms with Crippen molar-refractivity contribution in [1.29, 1.82) is 0 Å². The molecule has 5 heteroatoms. The molecule has 86 valence electrons. The Labute approximate surface area is 87.7 Å². The predicted molar refractivity (Wildman–Crippen MR) is 52.9 cm³/mol. The van der Waals surface area contributed by atoms with E-state index in [0.29, 0.717) is 5.69 Å². The third-order valence-electron chi connectivity index (χ3n) is 2.42. The summed E-state index contributed by atoms with van der Waals surface area (Å²) in [5.41, 5.74) is 0.503. The maximum atomic E-state index is 12.1. The van der Waals surface area contributed by atoms with E-state index in [1.54, 1.807) is 16.9 Å². The summed E-state index contributed by atoms with van der Waals surface area (Å²) < 4.78 is 25.9. The first-order valence-corrected chi connectivity index (χ1v) is 5.04. The van der Waals surface area contributed by atoms with Gasteiger partial charge in [-0.2, -0.15) is 5.10 Å². The van der Waals surface area contributed by atoms with Gasteiger partial charge >= 0.3 is 0 Å². The highest BCUT2D eigenvalue weighted by Gasteiger charge is 2.18. The molecule has 2 atom stereocenters. The van der Waals surface area contributed by atoms with Crippen molar-refractivity contribution >= 4 is 0 Å². The Hall–Kier alpha value is -0.970. The zero-order valence-corrected chi connectivity index (χ0v) is 8.90. The Morgan fingerprint density at radius 3 is 2.73 bits per heavy atom. The number of halogens is 2. The maximum Gasteiger partial charge on any atom is 0.264 e. The molecular weight excluding hydrogens is 202 g/mol. The van der Waals surface area contributed by atoms with Crippen molar-refractivity contribution in [3.63, 3.8) is 0 Å². The van der Waals surface area contributed by atoms with Crippen molar-refractivity contribution in [3.8, 4) is 0 Å². The lowest BCUT2D eigenvalue weighted by atomic mass is 10.2. The lowest BCUT2D eigenvalue weighted by Gasteiger charge is -2.09. The molecule has 1 N–H and O–H groups in total. The third-order valence-corrected chi connectivity index (χ3v) is 2.42. The largest absolute Gasteiger partial charge is 0.387 e. The van der Waals surface area contributed by atoms with Crippen molar-refractivity contribution in [3.05, 3.63) is 18.0 Å². The number of alkyl halides is 2. The molecule has 0 aliphatic carbocycles. The van der Waals surface area contributed by atoms with Crippen LogP contribution in [0.1, 0.15) is 32.0 Å². The smallest absolute Gasteiger partial charge is 0.264 e. The molecule has 1 rings (SSSR count). The fourth-order valence-corrected chi connectivity index (χ4v) is 1.22. The van der Waals surface area contributed by atoms with Crippen LogP contribution in [-0.4, -0.2) is 27.4 Å². The van der Waals surface area contributed by atoms with E-state index in [0.717, 1.165) is 6.42 Å². The number of hydrogen-bond donors (Lipinski definition) is 1. The zero-order valence-electron chi connectivity index (χ0n) is 8.90. The summed E-state index contributed by atoms with van der Waals surface area (Å²) in [5.74, 6) is 0. The summed E-state index contributed by atoms with van der Waals surface area (Å²) in [5, 5.41) is 13.1. The van der Waals surface area contributed by atoms with Crippen LogP contribution in [0.25, 0.3) is 0 Å². The number of aliphatic hydroxyl groups excluding tert-OH is 1. The SMILES string of the molecule is CCC(C)n1ccc(CC(O)C(F)F)n1. The fourth-order valence-electron chi connectivity index (χ4n) is 1.22. The average Bonchev–Trinajstić information content (AvgIpc) is 2.65. The van der Waals surface area contributed by atoms with Crippen molar-refractivity contribution in [2.45, 2.75) is 45.3 Å². The lowest BCUT2D eigenvalue weighted by molar-refractivity contribution is -0.00425. The van der Waals surface area contributed by atoms with Crippen LogP contribution < -0.4 is 0 Å². The van der Waals surface area contributed by atoms with E-state index in [1.807, 2.05) is 13.8 Å². The molecule has 0 saturated carbocycles. The first-order chi connectivity index (χ1) is 7.04. The fraction of sp³-hybridized carbons (Fsp3) is 0.700. The molecule has 0 radical (unpaired) electrons. The van der Waals surface area contributed by atoms with Crippen molar-refractivity contribution in [2.24, 2.45) is 0 Å². The van der Waals surface area contributed by atoms with Gasteiger partial charge in [-0.05, 0) is 19.4 Å². The number of aliphatic hydroxyl groups is 1.